The number of halogens is 1. The molecule has 0 fully saturated rings. The third-order valence-electron chi connectivity index (χ3n) is 4.39. The molecule has 0 aliphatic carbocycles. The molecular formula is C22H16ClNO3S. The van der Waals surface area contributed by atoms with Gasteiger partial charge in [-0.05, 0) is 48.9 Å². The van der Waals surface area contributed by atoms with E-state index in [4.69, 9.17) is 16.0 Å². The molecule has 1 aliphatic heterocycles. The van der Waals surface area contributed by atoms with Crippen molar-refractivity contribution in [3.05, 3.63) is 93.7 Å². The number of thioether (sulfide) groups is 1. The number of imide groups is 1. The minimum Gasteiger partial charge on any atom is -0.467 e. The Labute approximate surface area is 171 Å². The molecule has 140 valence electrons. The molecule has 1 aromatic heterocycles. The van der Waals surface area contributed by atoms with Crippen LogP contribution in [0.3, 0.4) is 0 Å². The third-order valence-corrected chi connectivity index (χ3v) is 5.74. The molecule has 0 radical (unpaired) electrons. The van der Waals surface area contributed by atoms with Gasteiger partial charge in [0.05, 0.1) is 23.3 Å². The zero-order valence-corrected chi connectivity index (χ0v) is 16.6. The van der Waals surface area contributed by atoms with E-state index in [9.17, 15) is 9.59 Å². The Morgan fingerprint density at radius 1 is 0.964 bits per heavy atom. The van der Waals surface area contributed by atoms with Crippen LogP contribution in [-0.2, 0) is 16.1 Å². The molecule has 0 saturated carbocycles. The fourth-order valence-electron chi connectivity index (χ4n) is 2.95. The van der Waals surface area contributed by atoms with E-state index in [0.29, 0.717) is 21.3 Å². The van der Waals surface area contributed by atoms with Crippen LogP contribution < -0.4 is 0 Å². The van der Waals surface area contributed by atoms with Crippen molar-refractivity contribution in [3.8, 4) is 0 Å². The van der Waals surface area contributed by atoms with Gasteiger partial charge in [-0.2, -0.15) is 0 Å². The topological polar surface area (TPSA) is 50.5 Å². The highest BCUT2D eigenvalue weighted by atomic mass is 35.5. The number of furan rings is 1. The molecule has 1 aliphatic rings. The number of aryl methyl sites for hydroxylation is 1. The molecule has 0 N–H and O–H groups in total. The molecule has 3 aromatic rings. The monoisotopic (exact) mass is 409 g/mol. The second-order valence-electron chi connectivity index (χ2n) is 6.40. The van der Waals surface area contributed by atoms with Crippen molar-refractivity contribution in [3.63, 3.8) is 0 Å². The molecule has 4 rings (SSSR count). The highest BCUT2D eigenvalue weighted by Crippen LogP contribution is 2.40. The fourth-order valence-corrected chi connectivity index (χ4v) is 4.08. The van der Waals surface area contributed by atoms with Crippen molar-refractivity contribution >= 4 is 40.8 Å². The van der Waals surface area contributed by atoms with Crippen LogP contribution in [0.4, 0.5) is 0 Å². The first-order chi connectivity index (χ1) is 13.5. The van der Waals surface area contributed by atoms with E-state index in [2.05, 4.69) is 0 Å². The van der Waals surface area contributed by atoms with E-state index in [-0.39, 0.29) is 18.4 Å². The maximum absolute atomic E-state index is 13.2. The van der Waals surface area contributed by atoms with Crippen LogP contribution in [0.1, 0.15) is 16.9 Å². The van der Waals surface area contributed by atoms with Gasteiger partial charge >= 0.3 is 0 Å². The molecule has 2 heterocycles. The van der Waals surface area contributed by atoms with E-state index in [1.165, 1.54) is 22.9 Å². The van der Waals surface area contributed by atoms with Crippen molar-refractivity contribution in [2.75, 3.05) is 0 Å². The summed E-state index contributed by atoms with van der Waals surface area (Å²) in [5.74, 6) is -0.0821. The lowest BCUT2D eigenvalue weighted by Crippen LogP contribution is -2.30. The summed E-state index contributed by atoms with van der Waals surface area (Å²) in [7, 11) is 0. The van der Waals surface area contributed by atoms with Gasteiger partial charge in [0.25, 0.3) is 11.8 Å². The number of hydrogen-bond donors (Lipinski definition) is 0. The Morgan fingerprint density at radius 2 is 1.68 bits per heavy atom. The minimum atomic E-state index is -0.322. The Kier molecular flexibility index (Phi) is 5.11. The smallest absolute Gasteiger partial charge is 0.268 e. The summed E-state index contributed by atoms with van der Waals surface area (Å²) < 4.78 is 5.33. The van der Waals surface area contributed by atoms with Crippen LogP contribution >= 0.6 is 23.4 Å². The number of carbonyl (C=O) groups is 2. The van der Waals surface area contributed by atoms with Gasteiger partial charge in [0, 0.05) is 9.92 Å². The quantitative estimate of drug-likeness (QED) is 0.535. The third kappa shape index (κ3) is 3.63. The normalized spacial score (nSPS) is 14.3. The minimum absolute atomic E-state index is 0.102. The van der Waals surface area contributed by atoms with Gasteiger partial charge in [-0.3, -0.25) is 14.5 Å². The van der Waals surface area contributed by atoms with Crippen molar-refractivity contribution in [2.45, 2.75) is 18.4 Å². The molecule has 28 heavy (non-hydrogen) atoms. The Hall–Kier alpha value is -2.76. The summed E-state index contributed by atoms with van der Waals surface area (Å²) in [5, 5.41) is 0.616. The largest absolute Gasteiger partial charge is 0.467 e. The van der Waals surface area contributed by atoms with E-state index < -0.39 is 0 Å². The Morgan fingerprint density at radius 3 is 2.32 bits per heavy atom. The molecule has 0 saturated heterocycles. The van der Waals surface area contributed by atoms with Crippen LogP contribution in [-0.4, -0.2) is 16.7 Å². The van der Waals surface area contributed by atoms with E-state index in [1.54, 1.807) is 24.3 Å². The lowest BCUT2D eigenvalue weighted by molar-refractivity contribution is -0.137. The van der Waals surface area contributed by atoms with Crippen LogP contribution in [0.5, 0.6) is 0 Å². The molecule has 2 aromatic carbocycles. The molecule has 0 spiro atoms. The second kappa shape index (κ2) is 7.70. The predicted octanol–water partition coefficient (Wildman–Crippen LogP) is 5.31. The maximum atomic E-state index is 13.2. The first-order valence-corrected chi connectivity index (χ1v) is 9.85. The zero-order valence-electron chi connectivity index (χ0n) is 15.0. The van der Waals surface area contributed by atoms with Gasteiger partial charge in [0.15, 0.2) is 0 Å². The highest BCUT2D eigenvalue weighted by Gasteiger charge is 2.39. The van der Waals surface area contributed by atoms with Crippen LogP contribution in [0.15, 0.2) is 81.1 Å². The molecule has 6 heteroatoms. The maximum Gasteiger partial charge on any atom is 0.268 e. The molecule has 2 amide bonds. The Bertz CT molecular complexity index is 1050. The van der Waals surface area contributed by atoms with Gasteiger partial charge in [-0.15, -0.1) is 0 Å². The van der Waals surface area contributed by atoms with Gasteiger partial charge in [-0.25, -0.2) is 0 Å². The standard InChI is InChI=1S/C22H16ClNO3S/c1-14-4-6-15(7-5-14)19-20(28-18-10-8-16(23)9-11-18)22(26)24(21(19)25)13-17-3-2-12-27-17/h2-12H,13H2,1H3. The molecular weight excluding hydrogens is 394 g/mol. The number of benzene rings is 2. The van der Waals surface area contributed by atoms with Crippen molar-refractivity contribution in [1.82, 2.24) is 4.90 Å². The predicted molar refractivity (Wildman–Crippen MR) is 110 cm³/mol. The summed E-state index contributed by atoms with van der Waals surface area (Å²) in [5.41, 5.74) is 2.22. The SMILES string of the molecule is Cc1ccc(C2=C(Sc3ccc(Cl)cc3)C(=O)N(Cc3ccco3)C2=O)cc1. The first kappa shape index (κ1) is 18.6. The zero-order chi connectivity index (χ0) is 19.7. The van der Waals surface area contributed by atoms with Crippen molar-refractivity contribution < 1.29 is 14.0 Å². The summed E-state index contributed by atoms with van der Waals surface area (Å²) in [6.45, 7) is 2.08. The van der Waals surface area contributed by atoms with Crippen molar-refractivity contribution in [1.29, 1.82) is 0 Å². The van der Waals surface area contributed by atoms with Gasteiger partial charge in [0.1, 0.15) is 5.76 Å². The van der Waals surface area contributed by atoms with Crippen molar-refractivity contribution in [2.24, 2.45) is 0 Å². The number of rotatable bonds is 5. The fraction of sp³-hybridized carbons (Fsp3) is 0.0909. The summed E-state index contributed by atoms with van der Waals surface area (Å²) >= 11 is 7.23. The number of amides is 2. The summed E-state index contributed by atoms with van der Waals surface area (Å²) in [4.78, 5) is 28.7. The molecule has 0 atom stereocenters. The number of carbonyl (C=O) groups excluding carboxylic acids is 2. The van der Waals surface area contributed by atoms with Crippen LogP contribution in [0, 0.1) is 6.92 Å². The molecule has 4 nitrogen and oxygen atoms in total. The number of nitrogens with zero attached hydrogens (tertiary/aromatic N) is 1. The lowest BCUT2D eigenvalue weighted by Gasteiger charge is -2.13. The van der Waals surface area contributed by atoms with E-state index >= 15 is 0 Å². The second-order valence-corrected chi connectivity index (χ2v) is 7.92. The van der Waals surface area contributed by atoms with Crippen LogP contribution in [0.2, 0.25) is 5.02 Å². The summed E-state index contributed by atoms with van der Waals surface area (Å²) in [6.07, 6.45) is 1.53. The van der Waals surface area contributed by atoms with Gasteiger partial charge < -0.3 is 4.42 Å². The molecule has 0 bridgehead atoms. The first-order valence-electron chi connectivity index (χ1n) is 8.66. The summed E-state index contributed by atoms with van der Waals surface area (Å²) in [6, 6.07) is 18.3. The van der Waals surface area contributed by atoms with Gasteiger partial charge in [0.2, 0.25) is 0 Å². The van der Waals surface area contributed by atoms with E-state index in [1.807, 2.05) is 43.3 Å². The average molecular weight is 410 g/mol. The lowest BCUT2D eigenvalue weighted by atomic mass is 10.0. The van der Waals surface area contributed by atoms with Gasteiger partial charge in [-0.1, -0.05) is 53.2 Å². The Balaban J connectivity index is 1.74. The molecule has 0 unspecified atom stereocenters. The van der Waals surface area contributed by atoms with E-state index in [0.717, 1.165) is 16.0 Å². The average Bonchev–Trinajstić information content (AvgIpc) is 3.28. The van der Waals surface area contributed by atoms with Crippen LogP contribution in [0.25, 0.3) is 5.57 Å². The highest BCUT2D eigenvalue weighted by molar-refractivity contribution is 8.04. The number of hydrogen-bond acceptors (Lipinski definition) is 4.